The van der Waals surface area contributed by atoms with Crippen LogP contribution in [0.1, 0.15) is 34.1 Å². The molecule has 84 valence electrons. The van der Waals surface area contributed by atoms with Crippen molar-refractivity contribution >= 4 is 0 Å². The molecule has 0 aromatic heterocycles. The molecule has 1 aliphatic carbocycles. The Balaban J connectivity index is 1.78. The molecule has 0 bridgehead atoms. The lowest BCUT2D eigenvalue weighted by Gasteiger charge is -2.02. The maximum absolute atomic E-state index is 3.54. The Morgan fingerprint density at radius 1 is 0.647 bits per heavy atom. The molecular formula is C17H16. The normalized spacial score (nSPS) is 22.5. The van der Waals surface area contributed by atoms with E-state index in [4.69, 9.17) is 0 Å². The fourth-order valence-electron chi connectivity index (χ4n) is 2.26. The van der Waals surface area contributed by atoms with Crippen LogP contribution in [0, 0.1) is 20.3 Å². The lowest BCUT2D eigenvalue weighted by Crippen LogP contribution is -1.85. The third kappa shape index (κ3) is 2.12. The standard InChI is InChI=1S/C17H16/c1-12-3-7-14(8-4-12)16-11-17(16)15-9-5-13(2)6-10-15/h3-10,16-17H,1-2H3/t16-,17-/m0/s1. The monoisotopic (exact) mass is 220 g/mol. The van der Waals surface area contributed by atoms with Gasteiger partial charge in [-0.3, -0.25) is 0 Å². The van der Waals surface area contributed by atoms with Crippen LogP contribution < -0.4 is 0 Å². The van der Waals surface area contributed by atoms with Gasteiger partial charge in [0, 0.05) is 6.42 Å². The van der Waals surface area contributed by atoms with Gasteiger partial charge in [0.15, 0.2) is 0 Å². The molecule has 2 atom stereocenters. The zero-order valence-corrected chi connectivity index (χ0v) is 10.3. The molecule has 17 heavy (non-hydrogen) atoms. The van der Waals surface area contributed by atoms with Crippen molar-refractivity contribution in [1.82, 2.24) is 0 Å². The van der Waals surface area contributed by atoms with Crippen molar-refractivity contribution in [2.24, 2.45) is 0 Å². The number of aryl methyl sites for hydroxylation is 2. The molecule has 0 saturated heterocycles. The van der Waals surface area contributed by atoms with E-state index < -0.39 is 0 Å². The summed E-state index contributed by atoms with van der Waals surface area (Å²) in [6, 6.07) is 17.6. The summed E-state index contributed by atoms with van der Waals surface area (Å²) in [6.07, 6.45) is 3.54. The number of hydrogen-bond donors (Lipinski definition) is 0. The van der Waals surface area contributed by atoms with Crippen molar-refractivity contribution in [3.63, 3.8) is 0 Å². The maximum Gasteiger partial charge on any atom is 0.000126 e. The summed E-state index contributed by atoms with van der Waals surface area (Å²) in [7, 11) is 0. The van der Waals surface area contributed by atoms with Crippen molar-refractivity contribution < 1.29 is 0 Å². The van der Waals surface area contributed by atoms with Crippen molar-refractivity contribution in [3.05, 3.63) is 77.2 Å². The van der Waals surface area contributed by atoms with Crippen molar-refractivity contribution in [1.29, 1.82) is 0 Å². The average Bonchev–Trinajstić information content (AvgIpc) is 3.11. The summed E-state index contributed by atoms with van der Waals surface area (Å²) in [6.45, 7) is 4.25. The second-order valence-electron chi connectivity index (χ2n) is 4.94. The Morgan fingerprint density at radius 2 is 1.00 bits per heavy atom. The van der Waals surface area contributed by atoms with Crippen LogP contribution in [-0.4, -0.2) is 0 Å². The zero-order chi connectivity index (χ0) is 11.8. The average molecular weight is 220 g/mol. The van der Waals surface area contributed by atoms with Crippen molar-refractivity contribution in [2.45, 2.75) is 25.7 Å². The van der Waals surface area contributed by atoms with Gasteiger partial charge in [-0.05, 0) is 36.8 Å². The molecule has 1 saturated carbocycles. The highest BCUT2D eigenvalue weighted by molar-refractivity contribution is 5.44. The Morgan fingerprint density at radius 3 is 1.35 bits per heavy atom. The van der Waals surface area contributed by atoms with Gasteiger partial charge < -0.3 is 0 Å². The fourth-order valence-corrected chi connectivity index (χ4v) is 2.26. The summed E-state index contributed by atoms with van der Waals surface area (Å²) >= 11 is 0. The van der Waals surface area contributed by atoms with Gasteiger partial charge in [0.25, 0.3) is 0 Å². The second-order valence-corrected chi connectivity index (χ2v) is 4.94. The third-order valence-corrected chi connectivity index (χ3v) is 3.46. The van der Waals surface area contributed by atoms with Gasteiger partial charge >= 0.3 is 0 Å². The smallest absolute Gasteiger partial charge is 0.000126 e. The van der Waals surface area contributed by atoms with Crippen LogP contribution in [0.4, 0.5) is 0 Å². The van der Waals surface area contributed by atoms with Crippen LogP contribution in [-0.2, 0) is 0 Å². The Bertz CT molecular complexity index is 455. The molecule has 2 aromatic carbocycles. The van der Waals surface area contributed by atoms with Crippen LogP contribution in [0.3, 0.4) is 0 Å². The van der Waals surface area contributed by atoms with E-state index in [1.165, 1.54) is 22.3 Å². The molecule has 0 amide bonds. The van der Waals surface area contributed by atoms with E-state index in [1.807, 2.05) is 0 Å². The molecule has 0 N–H and O–H groups in total. The Labute approximate surface area is 103 Å². The maximum atomic E-state index is 3.54. The van der Waals surface area contributed by atoms with Crippen LogP contribution in [0.5, 0.6) is 0 Å². The topological polar surface area (TPSA) is 0 Å². The fraction of sp³-hybridized carbons (Fsp3) is 0.235. The first kappa shape index (κ1) is 10.6. The molecule has 0 spiro atoms. The van der Waals surface area contributed by atoms with Gasteiger partial charge in [0.1, 0.15) is 0 Å². The summed E-state index contributed by atoms with van der Waals surface area (Å²) in [5.74, 6) is 0.997. The van der Waals surface area contributed by atoms with Crippen LogP contribution >= 0.6 is 0 Å². The van der Waals surface area contributed by atoms with Crippen LogP contribution in [0.25, 0.3) is 0 Å². The zero-order valence-electron chi connectivity index (χ0n) is 10.3. The van der Waals surface area contributed by atoms with E-state index in [9.17, 15) is 0 Å². The van der Waals surface area contributed by atoms with E-state index in [0.717, 1.165) is 0 Å². The van der Waals surface area contributed by atoms with E-state index in [0.29, 0.717) is 11.8 Å². The predicted octanol–water partition coefficient (Wildman–Crippen LogP) is 4.27. The van der Waals surface area contributed by atoms with E-state index in [1.54, 1.807) is 0 Å². The van der Waals surface area contributed by atoms with Crippen LogP contribution in [0.15, 0.2) is 48.5 Å². The molecule has 0 heterocycles. The number of benzene rings is 2. The second kappa shape index (κ2) is 4.03. The Hall–Kier alpha value is -1.56. The molecule has 2 aromatic rings. The predicted molar refractivity (Wildman–Crippen MR) is 71.1 cm³/mol. The SMILES string of the molecule is Cc1ccc([C@@H]2[C][C@H]2c2ccc(C)cc2)cc1. The third-order valence-electron chi connectivity index (χ3n) is 3.46. The molecule has 1 fully saturated rings. The molecular weight excluding hydrogens is 204 g/mol. The van der Waals surface area contributed by atoms with Gasteiger partial charge in [-0.25, -0.2) is 0 Å². The molecule has 0 unspecified atom stereocenters. The highest BCUT2D eigenvalue weighted by Crippen LogP contribution is 2.53. The van der Waals surface area contributed by atoms with E-state index in [-0.39, 0.29) is 0 Å². The first-order chi connectivity index (χ1) is 8.24. The minimum atomic E-state index is 0.498. The first-order valence-electron chi connectivity index (χ1n) is 6.13. The Kier molecular flexibility index (Phi) is 2.51. The molecule has 2 radical (unpaired) electrons. The van der Waals surface area contributed by atoms with Gasteiger partial charge in [0.05, 0.1) is 0 Å². The summed E-state index contributed by atoms with van der Waals surface area (Å²) in [5.41, 5.74) is 5.42. The summed E-state index contributed by atoms with van der Waals surface area (Å²) in [5, 5.41) is 0. The van der Waals surface area contributed by atoms with Gasteiger partial charge in [-0.1, -0.05) is 59.7 Å². The lowest BCUT2D eigenvalue weighted by molar-refractivity contribution is 1.02. The highest BCUT2D eigenvalue weighted by atomic mass is 14.4. The largest absolute Gasteiger partial charge is 0.0590 e. The van der Waals surface area contributed by atoms with E-state index >= 15 is 0 Å². The highest BCUT2D eigenvalue weighted by Gasteiger charge is 2.40. The quantitative estimate of drug-likeness (QED) is 0.709. The van der Waals surface area contributed by atoms with Gasteiger partial charge in [-0.15, -0.1) is 0 Å². The molecule has 0 nitrogen and oxygen atoms in total. The van der Waals surface area contributed by atoms with Crippen molar-refractivity contribution in [2.75, 3.05) is 0 Å². The lowest BCUT2D eigenvalue weighted by atomic mass is 10.0. The van der Waals surface area contributed by atoms with Gasteiger partial charge in [0.2, 0.25) is 0 Å². The van der Waals surface area contributed by atoms with Crippen LogP contribution in [0.2, 0.25) is 0 Å². The number of rotatable bonds is 2. The molecule has 1 aliphatic rings. The minimum absolute atomic E-state index is 0.498. The molecule has 0 heteroatoms. The molecule has 0 aliphatic heterocycles. The summed E-state index contributed by atoms with van der Waals surface area (Å²) in [4.78, 5) is 0. The molecule has 3 rings (SSSR count). The first-order valence-corrected chi connectivity index (χ1v) is 6.13. The van der Waals surface area contributed by atoms with Crippen molar-refractivity contribution in [3.8, 4) is 0 Å². The minimum Gasteiger partial charge on any atom is -0.0590 e. The number of hydrogen-bond acceptors (Lipinski definition) is 0. The summed E-state index contributed by atoms with van der Waals surface area (Å²) < 4.78 is 0. The van der Waals surface area contributed by atoms with E-state index in [2.05, 4.69) is 68.8 Å². The van der Waals surface area contributed by atoms with Gasteiger partial charge in [-0.2, -0.15) is 0 Å².